The van der Waals surface area contributed by atoms with Crippen LogP contribution in [0.2, 0.25) is 0 Å². The van der Waals surface area contributed by atoms with Crippen molar-refractivity contribution in [3.63, 3.8) is 0 Å². The molecule has 0 bridgehead atoms. The van der Waals surface area contributed by atoms with Gasteiger partial charge in [-0.2, -0.15) is 0 Å². The molecule has 0 aliphatic heterocycles. The summed E-state index contributed by atoms with van der Waals surface area (Å²) >= 11 is 5.53. The van der Waals surface area contributed by atoms with E-state index in [1.165, 1.54) is 15.4 Å². The summed E-state index contributed by atoms with van der Waals surface area (Å²) in [7, 11) is 0. The fourth-order valence-corrected chi connectivity index (χ4v) is 1.65. The van der Waals surface area contributed by atoms with E-state index in [0.29, 0.717) is 0 Å². The molecule has 0 fully saturated rings. The van der Waals surface area contributed by atoms with Crippen molar-refractivity contribution >= 4 is 37.9 Å². The summed E-state index contributed by atoms with van der Waals surface area (Å²) in [5.41, 5.74) is 2.52. The molecule has 64 valence electrons. The van der Waals surface area contributed by atoms with Gasteiger partial charge < -0.3 is 0 Å². The van der Waals surface area contributed by atoms with Crippen LogP contribution in [0.5, 0.6) is 0 Å². The van der Waals surface area contributed by atoms with Crippen LogP contribution in [-0.2, 0) is 0 Å². The molecule has 0 aliphatic rings. The van der Waals surface area contributed by atoms with Crippen LogP contribution in [-0.4, -0.2) is 17.7 Å². The SMILES string of the molecule is [Li][c]1ccc(-c2ccc(Br)cc2)cc1. The van der Waals surface area contributed by atoms with Gasteiger partial charge in [-0.3, -0.25) is 0 Å². The zero-order valence-corrected chi connectivity index (χ0v) is 9.58. The third kappa shape index (κ3) is 2.30. The Balaban J connectivity index is 2.40. The molecular formula is C12H8BrLi. The van der Waals surface area contributed by atoms with Crippen LogP contribution in [0.25, 0.3) is 11.1 Å². The van der Waals surface area contributed by atoms with Gasteiger partial charge in [0.2, 0.25) is 0 Å². The van der Waals surface area contributed by atoms with E-state index in [-0.39, 0.29) is 0 Å². The van der Waals surface area contributed by atoms with E-state index in [0.717, 1.165) is 4.47 Å². The number of benzene rings is 2. The van der Waals surface area contributed by atoms with E-state index in [9.17, 15) is 0 Å². The molecule has 14 heavy (non-hydrogen) atoms. The minimum atomic E-state index is 1.12. The van der Waals surface area contributed by atoms with Crippen molar-refractivity contribution < 1.29 is 0 Å². The molecule has 0 unspecified atom stereocenters. The van der Waals surface area contributed by atoms with Crippen LogP contribution in [0.3, 0.4) is 0 Å². The summed E-state index contributed by atoms with van der Waals surface area (Å²) in [5, 5.41) is 0. The molecule has 0 aromatic heterocycles. The van der Waals surface area contributed by atoms with Crippen LogP contribution in [0.15, 0.2) is 53.0 Å². The topological polar surface area (TPSA) is 0 Å². The molecule has 0 amide bonds. The van der Waals surface area contributed by atoms with Gasteiger partial charge in [0.05, 0.1) is 0 Å². The molecule has 2 aromatic rings. The fraction of sp³-hybridized carbons (Fsp3) is 0. The minimum absolute atomic E-state index is 1.12. The second-order valence-corrected chi connectivity index (χ2v) is 4.29. The first-order valence-electron chi connectivity index (χ1n) is 4.58. The molecule has 2 heteroatoms. The molecule has 0 saturated heterocycles. The number of halogens is 1. The van der Waals surface area contributed by atoms with Crippen molar-refractivity contribution in [1.29, 1.82) is 0 Å². The Hall–Kier alpha value is -0.483. The molecule has 0 nitrogen and oxygen atoms in total. The number of rotatable bonds is 1. The van der Waals surface area contributed by atoms with E-state index in [2.05, 4.69) is 82.2 Å². The summed E-state index contributed by atoms with van der Waals surface area (Å²) < 4.78 is 2.42. The molecule has 2 rings (SSSR count). The molecule has 2 aromatic carbocycles. The predicted molar refractivity (Wildman–Crippen MR) is 65.0 cm³/mol. The van der Waals surface area contributed by atoms with Gasteiger partial charge in [-0.25, -0.2) is 0 Å². The summed E-state index contributed by atoms with van der Waals surface area (Å²) in [5.74, 6) is 0. The second kappa shape index (κ2) is 4.36. The fourth-order valence-electron chi connectivity index (χ4n) is 1.39. The van der Waals surface area contributed by atoms with Crippen molar-refractivity contribution in [2.24, 2.45) is 0 Å². The third-order valence-corrected chi connectivity index (χ3v) is 2.76. The Kier molecular flexibility index (Phi) is 3.13. The monoisotopic (exact) mass is 238 g/mol. The van der Waals surface area contributed by atoms with Crippen LogP contribution in [0.1, 0.15) is 0 Å². The molecule has 0 spiro atoms. The summed E-state index contributed by atoms with van der Waals surface area (Å²) in [4.78, 5) is 0. The molecular weight excluding hydrogens is 231 g/mol. The van der Waals surface area contributed by atoms with E-state index < -0.39 is 0 Å². The molecule has 0 heterocycles. The first kappa shape index (κ1) is 10.0. The quantitative estimate of drug-likeness (QED) is 0.671. The van der Waals surface area contributed by atoms with Crippen molar-refractivity contribution in [2.75, 3.05) is 0 Å². The molecule has 0 N–H and O–H groups in total. The Bertz CT molecular complexity index is 374. The van der Waals surface area contributed by atoms with E-state index in [1.54, 1.807) is 0 Å². The predicted octanol–water partition coefficient (Wildman–Crippen LogP) is 2.91. The van der Waals surface area contributed by atoms with Gasteiger partial charge >= 0.3 is 102 Å². The van der Waals surface area contributed by atoms with Gasteiger partial charge in [-0.15, -0.1) is 0 Å². The standard InChI is InChI=1S/C12H8Br.Li/c13-12-8-6-11(7-9-12)10-4-2-1-3-5-10;/h2-9H;. The van der Waals surface area contributed by atoms with Crippen molar-refractivity contribution in [3.05, 3.63) is 53.0 Å². The Morgan fingerprint density at radius 2 is 1.14 bits per heavy atom. The average molecular weight is 239 g/mol. The van der Waals surface area contributed by atoms with E-state index in [1.807, 2.05) is 0 Å². The zero-order valence-electron chi connectivity index (χ0n) is 8.00. The zero-order chi connectivity index (χ0) is 9.97. The summed E-state index contributed by atoms with van der Waals surface area (Å²) in [6.07, 6.45) is 0. The molecule has 0 saturated carbocycles. The first-order chi connectivity index (χ1) is 6.75. The maximum absolute atomic E-state index is 3.43. The van der Waals surface area contributed by atoms with E-state index in [4.69, 9.17) is 0 Å². The average Bonchev–Trinajstić information content (AvgIpc) is 2.21. The Morgan fingerprint density at radius 3 is 1.64 bits per heavy atom. The summed E-state index contributed by atoms with van der Waals surface area (Å²) in [6, 6.07) is 16.9. The van der Waals surface area contributed by atoms with E-state index >= 15 is 0 Å². The summed E-state index contributed by atoms with van der Waals surface area (Å²) in [6.45, 7) is 0. The van der Waals surface area contributed by atoms with Crippen molar-refractivity contribution in [3.8, 4) is 11.1 Å². The Morgan fingerprint density at radius 1 is 0.714 bits per heavy atom. The van der Waals surface area contributed by atoms with Crippen LogP contribution in [0.4, 0.5) is 0 Å². The maximum atomic E-state index is 3.43. The van der Waals surface area contributed by atoms with Gasteiger partial charge in [0.15, 0.2) is 0 Å². The number of hydrogen-bond donors (Lipinski definition) is 0. The van der Waals surface area contributed by atoms with Crippen molar-refractivity contribution in [2.45, 2.75) is 0 Å². The Labute approximate surface area is 102 Å². The van der Waals surface area contributed by atoms with Gasteiger partial charge in [-0.05, 0) is 0 Å². The van der Waals surface area contributed by atoms with Gasteiger partial charge in [0.25, 0.3) is 0 Å². The van der Waals surface area contributed by atoms with Gasteiger partial charge in [0.1, 0.15) is 0 Å². The van der Waals surface area contributed by atoms with Crippen LogP contribution in [0, 0.1) is 0 Å². The normalized spacial score (nSPS) is 10.2. The third-order valence-electron chi connectivity index (χ3n) is 2.23. The van der Waals surface area contributed by atoms with Crippen molar-refractivity contribution in [1.82, 2.24) is 0 Å². The van der Waals surface area contributed by atoms with Crippen LogP contribution >= 0.6 is 15.9 Å². The molecule has 0 atom stereocenters. The van der Waals surface area contributed by atoms with Crippen LogP contribution < -0.4 is 4.24 Å². The van der Waals surface area contributed by atoms with Gasteiger partial charge in [-0.1, -0.05) is 0 Å². The second-order valence-electron chi connectivity index (χ2n) is 3.37. The first-order valence-corrected chi connectivity index (χ1v) is 5.37. The number of hydrogen-bond acceptors (Lipinski definition) is 0. The molecule has 0 aliphatic carbocycles. The molecule has 0 radical (unpaired) electrons. The van der Waals surface area contributed by atoms with Gasteiger partial charge in [0, 0.05) is 0 Å².